The molecule has 0 fully saturated rings. The fourth-order valence-corrected chi connectivity index (χ4v) is 6.27. The zero-order valence-corrected chi connectivity index (χ0v) is 25.2. The molecule has 1 heterocycles. The normalized spacial score (nSPS) is 12.3. The Kier molecular flexibility index (Phi) is 11.4. The number of unbranched alkanes of at least 4 members (excludes halogenated alkanes) is 4. The van der Waals surface area contributed by atoms with Gasteiger partial charge in [-0.25, -0.2) is 4.79 Å². The van der Waals surface area contributed by atoms with Crippen molar-refractivity contribution >= 4 is 44.6 Å². The Hall–Kier alpha value is -1.96. The fourth-order valence-electron chi connectivity index (χ4n) is 4.73. The monoisotopic (exact) mass is 588 g/mol. The third-order valence-corrected chi connectivity index (χ3v) is 8.46. The second-order valence-corrected chi connectivity index (χ2v) is 11.7. The summed E-state index contributed by atoms with van der Waals surface area (Å²) in [6, 6.07) is 10.6. The summed E-state index contributed by atoms with van der Waals surface area (Å²) in [5.74, 6) is 0.436. The number of nitrogens with one attached hydrogen (secondary N) is 1. The molecule has 0 spiro atoms. The molecule has 3 rings (SSSR count). The minimum absolute atomic E-state index is 0.171. The van der Waals surface area contributed by atoms with Crippen molar-refractivity contribution in [2.75, 3.05) is 6.61 Å². The van der Waals surface area contributed by atoms with Crippen molar-refractivity contribution in [3.8, 4) is 5.75 Å². The maximum absolute atomic E-state index is 13.3. The van der Waals surface area contributed by atoms with Crippen molar-refractivity contribution in [3.05, 3.63) is 57.2 Å². The molecule has 0 saturated carbocycles. The second kappa shape index (κ2) is 14.3. The summed E-state index contributed by atoms with van der Waals surface area (Å²) < 4.78 is 8.21. The molecule has 2 aromatic carbocycles. The zero-order chi connectivity index (χ0) is 26.9. The molecule has 7 heteroatoms. The van der Waals surface area contributed by atoms with E-state index >= 15 is 0 Å². The molecule has 1 aromatic heterocycles. The van der Waals surface area contributed by atoms with Gasteiger partial charge in [-0.15, -0.1) is 11.8 Å². The summed E-state index contributed by atoms with van der Waals surface area (Å²) in [5, 5.41) is 15.5. The molecule has 0 aliphatic carbocycles. The fraction of sp³-hybridized carbons (Fsp3) is 0.500. The number of carbonyl (C=O) groups excluding carboxylic acids is 1. The summed E-state index contributed by atoms with van der Waals surface area (Å²) in [5.41, 5.74) is 4.27. The first-order chi connectivity index (χ1) is 17.8. The van der Waals surface area contributed by atoms with Crippen LogP contribution in [0.2, 0.25) is 0 Å². The highest BCUT2D eigenvalue weighted by Crippen LogP contribution is 2.40. The van der Waals surface area contributed by atoms with E-state index in [9.17, 15) is 9.90 Å². The van der Waals surface area contributed by atoms with Crippen LogP contribution in [0.5, 0.6) is 5.75 Å². The molecule has 0 aliphatic rings. The van der Waals surface area contributed by atoms with Crippen LogP contribution in [0.3, 0.4) is 0 Å². The molecule has 202 valence electrons. The average Bonchev–Trinajstić information content (AvgIpc) is 3.14. The number of hydrogen-bond acceptors (Lipinski definition) is 5. The van der Waals surface area contributed by atoms with Gasteiger partial charge in [-0.3, -0.25) is 0 Å². The minimum Gasteiger partial charge on any atom is -0.506 e. The molecule has 0 saturated heterocycles. The summed E-state index contributed by atoms with van der Waals surface area (Å²) >= 11 is 5.24. The largest absolute Gasteiger partial charge is 0.506 e. The van der Waals surface area contributed by atoms with Gasteiger partial charge >= 0.3 is 5.97 Å². The van der Waals surface area contributed by atoms with Crippen molar-refractivity contribution in [3.63, 3.8) is 0 Å². The van der Waals surface area contributed by atoms with Gasteiger partial charge in [0.15, 0.2) is 0 Å². The Morgan fingerprint density at radius 2 is 1.95 bits per heavy atom. The minimum atomic E-state index is -0.347. The van der Waals surface area contributed by atoms with Gasteiger partial charge < -0.3 is 19.7 Å². The summed E-state index contributed by atoms with van der Waals surface area (Å²) in [4.78, 5) is 14.5. The molecule has 37 heavy (non-hydrogen) atoms. The third kappa shape index (κ3) is 7.55. The van der Waals surface area contributed by atoms with Gasteiger partial charge in [0.25, 0.3) is 0 Å². The number of fused-ring (bicyclic) bond motifs is 1. The number of carbonyl (C=O) groups is 1. The summed E-state index contributed by atoms with van der Waals surface area (Å²) in [6.07, 6.45) is 7.35. The highest BCUT2D eigenvalue weighted by molar-refractivity contribution is 9.10. The van der Waals surface area contributed by atoms with Crippen LogP contribution in [0.4, 0.5) is 0 Å². The number of aryl methyl sites for hydroxylation is 2. The van der Waals surface area contributed by atoms with Gasteiger partial charge in [-0.1, -0.05) is 56.7 Å². The third-order valence-electron chi connectivity index (χ3n) is 6.85. The second-order valence-electron chi connectivity index (χ2n) is 9.77. The van der Waals surface area contributed by atoms with E-state index in [4.69, 9.17) is 4.74 Å². The topological polar surface area (TPSA) is 63.5 Å². The van der Waals surface area contributed by atoms with Gasteiger partial charge in [0.05, 0.1) is 22.2 Å². The SMILES string of the molecule is CCCCCCCC(C)NCc1c(O)c(Br)cc2c1c(C(=O)OCC)c(CSc1cccc(C)c1)n2C. The number of ether oxygens (including phenoxy) is 1. The first-order valence-electron chi connectivity index (χ1n) is 13.4. The Bertz CT molecular complexity index is 1210. The van der Waals surface area contributed by atoms with E-state index < -0.39 is 0 Å². The van der Waals surface area contributed by atoms with Crippen LogP contribution < -0.4 is 5.32 Å². The van der Waals surface area contributed by atoms with E-state index in [0.717, 1.165) is 33.5 Å². The number of phenols is 1. The predicted molar refractivity (Wildman–Crippen MR) is 159 cm³/mol. The Balaban J connectivity index is 1.95. The van der Waals surface area contributed by atoms with E-state index in [-0.39, 0.29) is 11.7 Å². The predicted octanol–water partition coefficient (Wildman–Crippen LogP) is 8.26. The number of aromatic nitrogens is 1. The van der Waals surface area contributed by atoms with Crippen molar-refractivity contribution in [1.82, 2.24) is 9.88 Å². The molecule has 1 atom stereocenters. The zero-order valence-electron chi connectivity index (χ0n) is 22.8. The molecule has 0 aliphatic heterocycles. The molecule has 5 nitrogen and oxygen atoms in total. The number of benzene rings is 2. The van der Waals surface area contributed by atoms with E-state index in [2.05, 4.69) is 70.9 Å². The van der Waals surface area contributed by atoms with Crippen LogP contribution in [0, 0.1) is 6.92 Å². The highest BCUT2D eigenvalue weighted by atomic mass is 79.9. The van der Waals surface area contributed by atoms with Gasteiger partial charge in [-0.2, -0.15) is 0 Å². The lowest BCUT2D eigenvalue weighted by Crippen LogP contribution is -2.25. The van der Waals surface area contributed by atoms with Gasteiger partial charge in [0.1, 0.15) is 5.75 Å². The molecular formula is C30H41BrN2O3S. The molecule has 0 amide bonds. The first kappa shape index (κ1) is 29.6. The maximum atomic E-state index is 13.3. The summed E-state index contributed by atoms with van der Waals surface area (Å²) in [6.45, 7) is 9.09. The smallest absolute Gasteiger partial charge is 0.340 e. The lowest BCUT2D eigenvalue weighted by molar-refractivity contribution is 0.0527. The van der Waals surface area contributed by atoms with Crippen LogP contribution in [0.1, 0.15) is 86.5 Å². The summed E-state index contributed by atoms with van der Waals surface area (Å²) in [7, 11) is 1.98. The van der Waals surface area contributed by atoms with Crippen molar-refractivity contribution < 1.29 is 14.6 Å². The van der Waals surface area contributed by atoms with Gasteiger partial charge in [-0.05, 0) is 61.3 Å². The number of thioether (sulfide) groups is 1. The van der Waals surface area contributed by atoms with E-state index in [0.29, 0.717) is 35.0 Å². The number of rotatable bonds is 14. The van der Waals surface area contributed by atoms with Gasteiger partial charge in [0.2, 0.25) is 0 Å². The van der Waals surface area contributed by atoms with Crippen LogP contribution in [-0.2, 0) is 24.1 Å². The maximum Gasteiger partial charge on any atom is 0.340 e. The Labute approximate surface area is 234 Å². The van der Waals surface area contributed by atoms with Crippen LogP contribution in [-0.4, -0.2) is 28.3 Å². The number of hydrogen-bond donors (Lipinski definition) is 2. The Morgan fingerprint density at radius 3 is 2.65 bits per heavy atom. The van der Waals surface area contributed by atoms with E-state index in [1.165, 1.54) is 37.7 Å². The average molecular weight is 590 g/mol. The highest BCUT2D eigenvalue weighted by Gasteiger charge is 2.27. The lowest BCUT2D eigenvalue weighted by atomic mass is 10.0. The first-order valence-corrected chi connectivity index (χ1v) is 15.2. The van der Waals surface area contributed by atoms with E-state index in [1.54, 1.807) is 11.8 Å². The molecule has 2 N–H and O–H groups in total. The number of halogens is 1. The molecule has 1 unspecified atom stereocenters. The number of nitrogens with zero attached hydrogens (tertiary/aromatic N) is 1. The van der Waals surface area contributed by atoms with Crippen LogP contribution in [0.25, 0.3) is 10.9 Å². The number of aromatic hydroxyl groups is 1. The molecule has 0 bridgehead atoms. The Morgan fingerprint density at radius 1 is 1.19 bits per heavy atom. The standard InChI is InChI=1S/C30H41BrN2O3S/c1-6-8-9-10-11-14-21(4)32-18-23-27-25(17-24(31)29(23)34)33(5)26(28(27)30(35)36-7-2)19-37-22-15-12-13-20(3)16-22/h12-13,15-17,21,32,34H,6-11,14,18-19H2,1-5H3. The van der Waals surface area contributed by atoms with Crippen molar-refractivity contribution in [2.45, 2.75) is 89.5 Å². The molecule has 0 radical (unpaired) electrons. The number of phenolic OH excluding ortho intramolecular Hbond substituents is 1. The number of esters is 1. The van der Waals surface area contributed by atoms with E-state index in [1.807, 2.05) is 20.0 Å². The van der Waals surface area contributed by atoms with Crippen LogP contribution in [0.15, 0.2) is 39.7 Å². The van der Waals surface area contributed by atoms with Gasteiger partial charge in [0, 0.05) is 46.9 Å². The quantitative estimate of drug-likeness (QED) is 0.113. The van der Waals surface area contributed by atoms with Crippen molar-refractivity contribution in [2.24, 2.45) is 7.05 Å². The molecule has 3 aromatic rings. The van der Waals surface area contributed by atoms with Crippen LogP contribution >= 0.6 is 27.7 Å². The van der Waals surface area contributed by atoms with Crippen molar-refractivity contribution in [1.29, 1.82) is 0 Å². The molecular weight excluding hydrogens is 548 g/mol. The lowest BCUT2D eigenvalue weighted by Gasteiger charge is -2.16.